The summed E-state index contributed by atoms with van der Waals surface area (Å²) in [4.78, 5) is 11.6. The van der Waals surface area contributed by atoms with E-state index in [1.165, 1.54) is 0 Å². The van der Waals surface area contributed by atoms with Crippen molar-refractivity contribution in [3.63, 3.8) is 0 Å². The zero-order valence-electron chi connectivity index (χ0n) is 8.72. The number of rotatable bonds is 4. The third kappa shape index (κ3) is 3.55. The Balaban J connectivity index is 2.65. The van der Waals surface area contributed by atoms with Crippen molar-refractivity contribution in [2.45, 2.75) is 19.8 Å². The van der Waals surface area contributed by atoms with Crippen LogP contribution in [0.4, 0.5) is 5.69 Å². The second kappa shape index (κ2) is 5.75. The number of hydrogen-bond acceptors (Lipinski definition) is 2. The molecule has 4 heteroatoms. The lowest BCUT2D eigenvalue weighted by Crippen LogP contribution is -2.25. The number of halogens is 1. The Hall–Kier alpha value is -1.03. The minimum Gasteiger partial charge on any atom is -0.398 e. The zero-order valence-corrected chi connectivity index (χ0v) is 10.3. The van der Waals surface area contributed by atoms with Crippen LogP contribution in [0.15, 0.2) is 22.7 Å². The maximum atomic E-state index is 11.6. The van der Waals surface area contributed by atoms with Crippen LogP contribution in [0.25, 0.3) is 0 Å². The number of benzene rings is 1. The molecule has 0 atom stereocenters. The van der Waals surface area contributed by atoms with Gasteiger partial charge in [0.2, 0.25) is 0 Å². The Kier molecular flexibility index (Phi) is 4.62. The molecule has 0 spiro atoms. The zero-order chi connectivity index (χ0) is 11.3. The molecule has 1 aromatic carbocycles. The topological polar surface area (TPSA) is 55.1 Å². The molecule has 0 saturated carbocycles. The molecule has 0 saturated heterocycles. The van der Waals surface area contributed by atoms with Gasteiger partial charge in [0.05, 0.1) is 5.56 Å². The first-order valence-electron chi connectivity index (χ1n) is 4.98. The Morgan fingerprint density at radius 1 is 1.53 bits per heavy atom. The molecule has 82 valence electrons. The molecule has 0 radical (unpaired) electrons. The van der Waals surface area contributed by atoms with E-state index in [1.54, 1.807) is 12.1 Å². The molecule has 0 aliphatic heterocycles. The number of anilines is 1. The summed E-state index contributed by atoms with van der Waals surface area (Å²) in [6.07, 6.45) is 2.05. The van der Waals surface area contributed by atoms with Gasteiger partial charge in [-0.05, 0) is 24.6 Å². The van der Waals surface area contributed by atoms with Gasteiger partial charge in [0.15, 0.2) is 0 Å². The van der Waals surface area contributed by atoms with Crippen LogP contribution in [0.5, 0.6) is 0 Å². The van der Waals surface area contributed by atoms with Gasteiger partial charge in [-0.15, -0.1) is 0 Å². The highest BCUT2D eigenvalue weighted by molar-refractivity contribution is 9.10. The molecule has 1 amide bonds. The molecule has 0 aromatic heterocycles. The molecule has 1 aromatic rings. The van der Waals surface area contributed by atoms with Gasteiger partial charge in [0.1, 0.15) is 0 Å². The van der Waals surface area contributed by atoms with Crippen molar-refractivity contribution < 1.29 is 4.79 Å². The molecule has 3 nitrogen and oxygen atoms in total. The average Bonchev–Trinajstić information content (AvgIpc) is 2.17. The Morgan fingerprint density at radius 3 is 2.87 bits per heavy atom. The predicted octanol–water partition coefficient (Wildman–Crippen LogP) is 2.56. The lowest BCUT2D eigenvalue weighted by atomic mass is 10.1. The van der Waals surface area contributed by atoms with Gasteiger partial charge >= 0.3 is 0 Å². The maximum Gasteiger partial charge on any atom is 0.253 e. The van der Waals surface area contributed by atoms with Crippen LogP contribution >= 0.6 is 15.9 Å². The number of nitrogens with two attached hydrogens (primary N) is 1. The highest BCUT2D eigenvalue weighted by Crippen LogP contribution is 2.18. The van der Waals surface area contributed by atoms with Crippen molar-refractivity contribution in [1.29, 1.82) is 0 Å². The van der Waals surface area contributed by atoms with Gasteiger partial charge in [0.25, 0.3) is 5.91 Å². The van der Waals surface area contributed by atoms with Crippen LogP contribution in [0, 0.1) is 0 Å². The third-order valence-electron chi connectivity index (χ3n) is 2.07. The third-order valence-corrected chi connectivity index (χ3v) is 2.57. The molecule has 0 aliphatic rings. The first-order valence-corrected chi connectivity index (χ1v) is 5.77. The summed E-state index contributed by atoms with van der Waals surface area (Å²) >= 11 is 3.30. The SMILES string of the molecule is CCCCNC(=O)c1ccc(Br)cc1N. The van der Waals surface area contributed by atoms with Gasteiger partial charge < -0.3 is 11.1 Å². The van der Waals surface area contributed by atoms with Gasteiger partial charge in [-0.1, -0.05) is 29.3 Å². The van der Waals surface area contributed by atoms with Gasteiger partial charge in [-0.2, -0.15) is 0 Å². The standard InChI is InChI=1S/C11H15BrN2O/c1-2-3-6-14-11(15)9-5-4-8(12)7-10(9)13/h4-5,7H,2-3,6,13H2,1H3,(H,14,15). The number of hydrogen-bond donors (Lipinski definition) is 2. The predicted molar refractivity (Wildman–Crippen MR) is 65.8 cm³/mol. The van der Waals surface area contributed by atoms with Gasteiger partial charge in [-0.3, -0.25) is 4.79 Å². The molecular formula is C11H15BrN2O. The van der Waals surface area contributed by atoms with Gasteiger partial charge in [-0.25, -0.2) is 0 Å². The lowest BCUT2D eigenvalue weighted by molar-refractivity contribution is 0.0954. The van der Waals surface area contributed by atoms with Crippen molar-refractivity contribution >= 4 is 27.5 Å². The monoisotopic (exact) mass is 270 g/mol. The highest BCUT2D eigenvalue weighted by Gasteiger charge is 2.08. The van der Waals surface area contributed by atoms with E-state index >= 15 is 0 Å². The van der Waals surface area contributed by atoms with Crippen LogP contribution in [-0.2, 0) is 0 Å². The molecule has 0 bridgehead atoms. The van der Waals surface area contributed by atoms with Crippen LogP contribution in [0.3, 0.4) is 0 Å². The number of nitrogens with one attached hydrogen (secondary N) is 1. The summed E-state index contributed by atoms with van der Waals surface area (Å²) in [6.45, 7) is 2.78. The normalized spacial score (nSPS) is 10.0. The van der Waals surface area contributed by atoms with Crippen molar-refractivity contribution in [2.75, 3.05) is 12.3 Å². The van der Waals surface area contributed by atoms with E-state index in [1.807, 2.05) is 6.07 Å². The molecule has 1 rings (SSSR count). The van der Waals surface area contributed by atoms with E-state index in [0.717, 1.165) is 17.3 Å². The number of unbranched alkanes of at least 4 members (excludes halogenated alkanes) is 1. The van der Waals surface area contributed by atoms with Crippen LogP contribution in [0.2, 0.25) is 0 Å². The average molecular weight is 271 g/mol. The summed E-state index contributed by atoms with van der Waals surface area (Å²) in [5.41, 5.74) is 6.77. The number of carbonyl (C=O) groups is 1. The molecule has 3 N–H and O–H groups in total. The Morgan fingerprint density at radius 2 is 2.27 bits per heavy atom. The van der Waals surface area contributed by atoms with Crippen molar-refractivity contribution in [1.82, 2.24) is 5.32 Å². The Bertz CT molecular complexity index is 352. The molecule has 0 aliphatic carbocycles. The maximum absolute atomic E-state index is 11.6. The van der Waals surface area contributed by atoms with E-state index in [9.17, 15) is 4.79 Å². The second-order valence-corrected chi connectivity index (χ2v) is 4.26. The minimum absolute atomic E-state index is 0.103. The number of amides is 1. The van der Waals surface area contributed by atoms with Crippen LogP contribution in [-0.4, -0.2) is 12.5 Å². The second-order valence-electron chi connectivity index (χ2n) is 3.34. The highest BCUT2D eigenvalue weighted by atomic mass is 79.9. The van der Waals surface area contributed by atoms with E-state index < -0.39 is 0 Å². The minimum atomic E-state index is -0.103. The van der Waals surface area contributed by atoms with Gasteiger partial charge in [0, 0.05) is 16.7 Å². The summed E-state index contributed by atoms with van der Waals surface area (Å²) in [7, 11) is 0. The summed E-state index contributed by atoms with van der Waals surface area (Å²) in [6, 6.07) is 5.26. The summed E-state index contributed by atoms with van der Waals surface area (Å²) in [5.74, 6) is -0.103. The van der Waals surface area contributed by atoms with E-state index in [4.69, 9.17) is 5.73 Å². The smallest absolute Gasteiger partial charge is 0.253 e. The molecule has 0 unspecified atom stereocenters. The summed E-state index contributed by atoms with van der Waals surface area (Å²) in [5, 5.41) is 2.83. The first-order chi connectivity index (χ1) is 7.15. The van der Waals surface area contributed by atoms with Crippen molar-refractivity contribution in [3.05, 3.63) is 28.2 Å². The van der Waals surface area contributed by atoms with Crippen molar-refractivity contribution in [2.24, 2.45) is 0 Å². The largest absolute Gasteiger partial charge is 0.398 e. The quantitative estimate of drug-likeness (QED) is 0.653. The lowest BCUT2D eigenvalue weighted by Gasteiger charge is -2.07. The fourth-order valence-electron chi connectivity index (χ4n) is 1.21. The summed E-state index contributed by atoms with van der Waals surface area (Å²) < 4.78 is 0.880. The number of nitrogen functional groups attached to an aromatic ring is 1. The molecular weight excluding hydrogens is 256 g/mol. The molecule has 0 fully saturated rings. The first kappa shape index (κ1) is 12.0. The van der Waals surface area contributed by atoms with Crippen LogP contribution in [0.1, 0.15) is 30.1 Å². The van der Waals surface area contributed by atoms with Crippen LogP contribution < -0.4 is 11.1 Å². The fraction of sp³-hybridized carbons (Fsp3) is 0.364. The van der Waals surface area contributed by atoms with Crippen molar-refractivity contribution in [3.8, 4) is 0 Å². The van der Waals surface area contributed by atoms with E-state index in [0.29, 0.717) is 17.8 Å². The van der Waals surface area contributed by atoms with E-state index in [-0.39, 0.29) is 5.91 Å². The fourth-order valence-corrected chi connectivity index (χ4v) is 1.59. The molecule has 15 heavy (non-hydrogen) atoms. The molecule has 0 heterocycles. The van der Waals surface area contributed by atoms with E-state index in [2.05, 4.69) is 28.2 Å². The number of carbonyl (C=O) groups excluding carboxylic acids is 1. The Labute approximate surface area is 98.2 Å².